The number of hydrogen-bond donors (Lipinski definition) is 2. The monoisotopic (exact) mass is 451 g/mol. The SMILES string of the molecule is COc1ccc(S(=O)(=O)N2CCC(C)CC2)c(C(=O)NO)c1OC.Cc1ccncc1. The van der Waals surface area contributed by atoms with Crippen molar-refractivity contribution in [3.8, 4) is 11.5 Å². The maximum absolute atomic E-state index is 13.0. The molecule has 1 aliphatic heterocycles. The number of pyridine rings is 1. The van der Waals surface area contributed by atoms with Gasteiger partial charge in [0.2, 0.25) is 10.0 Å². The van der Waals surface area contributed by atoms with Crippen molar-refractivity contribution >= 4 is 15.9 Å². The van der Waals surface area contributed by atoms with E-state index >= 15 is 0 Å². The number of nitrogens with one attached hydrogen (secondary N) is 1. The van der Waals surface area contributed by atoms with Gasteiger partial charge in [0, 0.05) is 25.5 Å². The summed E-state index contributed by atoms with van der Waals surface area (Å²) >= 11 is 0. The van der Waals surface area contributed by atoms with Crippen LogP contribution in [0.1, 0.15) is 35.7 Å². The van der Waals surface area contributed by atoms with E-state index in [0.29, 0.717) is 19.0 Å². The Bertz CT molecular complexity index is 974. The van der Waals surface area contributed by atoms with Gasteiger partial charge >= 0.3 is 0 Å². The molecule has 9 nitrogen and oxygen atoms in total. The van der Waals surface area contributed by atoms with E-state index < -0.39 is 15.9 Å². The van der Waals surface area contributed by atoms with Gasteiger partial charge in [0.1, 0.15) is 5.56 Å². The number of hydrogen-bond acceptors (Lipinski definition) is 7. The first kappa shape index (κ1) is 24.6. The average Bonchev–Trinajstić information content (AvgIpc) is 2.78. The molecular formula is C21H29N3O6S. The third-order valence-corrected chi connectivity index (χ3v) is 6.98. The average molecular weight is 452 g/mol. The maximum Gasteiger partial charge on any atom is 0.279 e. The molecule has 1 saturated heterocycles. The molecule has 0 unspecified atom stereocenters. The van der Waals surface area contributed by atoms with Gasteiger partial charge in [0.15, 0.2) is 11.5 Å². The minimum absolute atomic E-state index is 0.0458. The number of amides is 1. The smallest absolute Gasteiger partial charge is 0.279 e. The zero-order valence-corrected chi connectivity index (χ0v) is 19.0. The number of aryl methyl sites for hydroxylation is 1. The number of benzene rings is 1. The summed E-state index contributed by atoms with van der Waals surface area (Å²) in [5.41, 5.74) is 2.45. The predicted molar refractivity (Wildman–Crippen MR) is 115 cm³/mol. The number of methoxy groups -OCH3 is 2. The van der Waals surface area contributed by atoms with Crippen molar-refractivity contribution in [2.75, 3.05) is 27.3 Å². The molecule has 0 spiro atoms. The summed E-state index contributed by atoms with van der Waals surface area (Å²) in [5.74, 6) is -0.366. The molecule has 0 saturated carbocycles. The van der Waals surface area contributed by atoms with E-state index in [4.69, 9.17) is 14.7 Å². The molecule has 1 aromatic heterocycles. The first-order valence-corrected chi connectivity index (χ1v) is 11.3. The fourth-order valence-corrected chi connectivity index (χ4v) is 4.84. The van der Waals surface area contributed by atoms with Crippen molar-refractivity contribution in [3.05, 3.63) is 47.8 Å². The van der Waals surface area contributed by atoms with Crippen LogP contribution in [0.25, 0.3) is 0 Å². The molecule has 2 heterocycles. The van der Waals surface area contributed by atoms with Crippen LogP contribution in [0.15, 0.2) is 41.6 Å². The van der Waals surface area contributed by atoms with E-state index in [1.54, 1.807) is 12.4 Å². The van der Waals surface area contributed by atoms with Gasteiger partial charge in [-0.3, -0.25) is 15.0 Å². The number of nitrogens with zero attached hydrogens (tertiary/aromatic N) is 2. The molecule has 1 aromatic carbocycles. The Kier molecular flexibility index (Phi) is 8.78. The highest BCUT2D eigenvalue weighted by Crippen LogP contribution is 2.37. The molecule has 2 aromatic rings. The summed E-state index contributed by atoms with van der Waals surface area (Å²) in [6.45, 7) is 4.89. The number of carbonyl (C=O) groups is 1. The van der Waals surface area contributed by atoms with Gasteiger partial charge < -0.3 is 9.47 Å². The van der Waals surface area contributed by atoms with Crippen molar-refractivity contribution < 1.29 is 27.9 Å². The number of hydroxylamine groups is 1. The van der Waals surface area contributed by atoms with E-state index in [1.165, 1.54) is 41.7 Å². The van der Waals surface area contributed by atoms with Crippen LogP contribution in [0.2, 0.25) is 0 Å². The van der Waals surface area contributed by atoms with Crippen molar-refractivity contribution in [2.24, 2.45) is 5.92 Å². The van der Waals surface area contributed by atoms with Crippen molar-refractivity contribution in [3.63, 3.8) is 0 Å². The second-order valence-electron chi connectivity index (χ2n) is 7.23. The number of sulfonamides is 1. The lowest BCUT2D eigenvalue weighted by molar-refractivity contribution is 0.0698. The van der Waals surface area contributed by atoms with Crippen LogP contribution < -0.4 is 15.0 Å². The maximum atomic E-state index is 13.0. The fourth-order valence-electron chi connectivity index (χ4n) is 3.19. The first-order chi connectivity index (χ1) is 14.8. The van der Waals surface area contributed by atoms with Crippen LogP contribution in [-0.4, -0.2) is 56.1 Å². The second-order valence-corrected chi connectivity index (χ2v) is 9.13. The molecule has 0 atom stereocenters. The Morgan fingerprint density at radius 1 is 1.13 bits per heavy atom. The molecule has 170 valence electrons. The topological polar surface area (TPSA) is 118 Å². The standard InChI is InChI=1S/C15H22N2O6S.C6H7N/c1-10-6-8-17(9-7-10)24(20,21)12-5-4-11(22-2)14(23-3)13(12)15(18)16-19;1-6-2-4-7-5-3-6/h4-5,10,19H,6-9H2,1-3H3,(H,16,18);2-5H,1H3. The Hall–Kier alpha value is -2.69. The van der Waals surface area contributed by atoms with E-state index in [1.807, 2.05) is 19.1 Å². The summed E-state index contributed by atoms with van der Waals surface area (Å²) in [6.07, 6.45) is 5.09. The van der Waals surface area contributed by atoms with Gasteiger partial charge in [-0.25, -0.2) is 13.9 Å². The minimum atomic E-state index is -3.90. The van der Waals surface area contributed by atoms with E-state index in [-0.39, 0.29) is 22.0 Å². The number of rotatable bonds is 5. The van der Waals surface area contributed by atoms with Gasteiger partial charge in [-0.1, -0.05) is 6.92 Å². The third kappa shape index (κ3) is 5.93. The second kappa shape index (κ2) is 11.1. The summed E-state index contributed by atoms with van der Waals surface area (Å²) in [6, 6.07) is 6.66. The zero-order chi connectivity index (χ0) is 23.0. The molecule has 1 aliphatic rings. The molecular weight excluding hydrogens is 422 g/mol. The number of piperidine rings is 1. The largest absolute Gasteiger partial charge is 0.493 e. The molecule has 2 N–H and O–H groups in total. The highest BCUT2D eigenvalue weighted by atomic mass is 32.2. The Morgan fingerprint density at radius 3 is 2.19 bits per heavy atom. The summed E-state index contributed by atoms with van der Waals surface area (Å²) in [7, 11) is -1.23. The van der Waals surface area contributed by atoms with Crippen LogP contribution >= 0.6 is 0 Å². The van der Waals surface area contributed by atoms with E-state index in [9.17, 15) is 13.2 Å². The van der Waals surface area contributed by atoms with Crippen LogP contribution in [0.3, 0.4) is 0 Å². The summed E-state index contributed by atoms with van der Waals surface area (Å²) in [4.78, 5) is 15.7. The van der Waals surface area contributed by atoms with Crippen molar-refractivity contribution in [1.29, 1.82) is 0 Å². The van der Waals surface area contributed by atoms with Gasteiger partial charge in [-0.05, 0) is 55.5 Å². The van der Waals surface area contributed by atoms with Gasteiger partial charge in [-0.2, -0.15) is 4.31 Å². The van der Waals surface area contributed by atoms with Crippen molar-refractivity contribution in [1.82, 2.24) is 14.8 Å². The predicted octanol–water partition coefficient (Wildman–Crippen LogP) is 2.63. The normalized spacial score (nSPS) is 14.9. The highest BCUT2D eigenvalue weighted by molar-refractivity contribution is 7.89. The van der Waals surface area contributed by atoms with Crippen LogP contribution in [0.5, 0.6) is 11.5 Å². The molecule has 0 bridgehead atoms. The first-order valence-electron chi connectivity index (χ1n) is 9.82. The Morgan fingerprint density at radius 2 is 1.74 bits per heavy atom. The third-order valence-electron chi connectivity index (χ3n) is 5.04. The lowest BCUT2D eigenvalue weighted by Gasteiger charge is -2.30. The molecule has 3 rings (SSSR count). The van der Waals surface area contributed by atoms with Crippen molar-refractivity contribution in [2.45, 2.75) is 31.6 Å². The number of carbonyl (C=O) groups excluding carboxylic acids is 1. The lowest BCUT2D eigenvalue weighted by Crippen LogP contribution is -2.39. The summed E-state index contributed by atoms with van der Waals surface area (Å²) < 4.78 is 37.5. The van der Waals surface area contributed by atoms with Crippen LogP contribution in [-0.2, 0) is 10.0 Å². The van der Waals surface area contributed by atoms with Crippen LogP contribution in [0.4, 0.5) is 0 Å². The van der Waals surface area contributed by atoms with E-state index in [0.717, 1.165) is 12.8 Å². The quantitative estimate of drug-likeness (QED) is 0.530. The molecule has 1 fully saturated rings. The van der Waals surface area contributed by atoms with Crippen LogP contribution in [0, 0.1) is 12.8 Å². The van der Waals surface area contributed by atoms with E-state index in [2.05, 4.69) is 11.9 Å². The summed E-state index contributed by atoms with van der Waals surface area (Å²) in [5, 5.41) is 9.00. The fraction of sp³-hybridized carbons (Fsp3) is 0.429. The minimum Gasteiger partial charge on any atom is -0.493 e. The highest BCUT2D eigenvalue weighted by Gasteiger charge is 2.34. The molecule has 1 amide bonds. The number of ether oxygens (including phenoxy) is 2. The lowest BCUT2D eigenvalue weighted by atomic mass is 10.0. The Balaban J connectivity index is 0.000000412. The van der Waals surface area contributed by atoms with Gasteiger partial charge in [0.05, 0.1) is 19.1 Å². The van der Waals surface area contributed by atoms with Gasteiger partial charge in [0.25, 0.3) is 5.91 Å². The Labute approximate surface area is 183 Å². The molecule has 31 heavy (non-hydrogen) atoms. The molecule has 0 radical (unpaired) electrons. The molecule has 0 aliphatic carbocycles. The molecule has 10 heteroatoms. The van der Waals surface area contributed by atoms with Gasteiger partial charge in [-0.15, -0.1) is 0 Å². The number of aromatic nitrogens is 1. The zero-order valence-electron chi connectivity index (χ0n) is 18.2.